The van der Waals surface area contributed by atoms with Crippen LogP contribution in [-0.4, -0.2) is 35.5 Å². The molecule has 0 aromatic carbocycles. The van der Waals surface area contributed by atoms with Crippen molar-refractivity contribution in [2.45, 2.75) is 58.4 Å². The average Bonchev–Trinajstić information content (AvgIpc) is 3.34. The summed E-state index contributed by atoms with van der Waals surface area (Å²) < 4.78 is 15.9. The Kier molecular flexibility index (Phi) is 6.62. The molecule has 2 aromatic heterocycles. The zero-order valence-corrected chi connectivity index (χ0v) is 16.1. The van der Waals surface area contributed by atoms with Crippen LogP contribution in [0.15, 0.2) is 10.7 Å². The minimum atomic E-state index is -0.451. The highest BCUT2D eigenvalue weighted by Gasteiger charge is 2.19. The van der Waals surface area contributed by atoms with Crippen LogP contribution in [0.1, 0.15) is 48.2 Å². The van der Waals surface area contributed by atoms with Gasteiger partial charge in [0, 0.05) is 18.6 Å². The first-order valence-corrected chi connectivity index (χ1v) is 9.92. The normalized spacial score (nSPS) is 16.8. The Morgan fingerprint density at radius 1 is 1.42 bits per heavy atom. The number of ether oxygens (including phenoxy) is 2. The third kappa shape index (κ3) is 5.04. The first-order chi connectivity index (χ1) is 12.7. The van der Waals surface area contributed by atoms with Crippen LogP contribution in [0.2, 0.25) is 0 Å². The predicted octanol–water partition coefficient (Wildman–Crippen LogP) is 3.44. The minimum absolute atomic E-state index is 0.0352. The minimum Gasteiger partial charge on any atom is -0.397 e. The molecule has 1 amide bonds. The van der Waals surface area contributed by atoms with Gasteiger partial charge in [-0.25, -0.2) is 9.78 Å². The molecule has 1 atom stereocenters. The molecule has 26 heavy (non-hydrogen) atoms. The summed E-state index contributed by atoms with van der Waals surface area (Å²) in [5, 5.41) is 8.41. The Balaban J connectivity index is 1.50. The van der Waals surface area contributed by atoms with Gasteiger partial charge in [0.15, 0.2) is 0 Å². The molecule has 0 spiro atoms. The molecule has 1 aliphatic heterocycles. The third-order valence-electron chi connectivity index (χ3n) is 4.40. The summed E-state index contributed by atoms with van der Waals surface area (Å²) in [6.45, 7) is 5.34. The Hall–Kier alpha value is -1.93. The van der Waals surface area contributed by atoms with E-state index in [1.807, 2.05) is 6.92 Å². The van der Waals surface area contributed by atoms with Crippen molar-refractivity contribution < 1.29 is 18.8 Å². The van der Waals surface area contributed by atoms with Crippen LogP contribution in [0.3, 0.4) is 0 Å². The zero-order chi connectivity index (χ0) is 18.4. The van der Waals surface area contributed by atoms with E-state index in [0.717, 1.165) is 55.0 Å². The van der Waals surface area contributed by atoms with Crippen molar-refractivity contribution in [2.75, 3.05) is 13.2 Å². The number of aryl methyl sites for hydroxylation is 3. The number of thiazole rings is 1. The fraction of sp³-hybridized carbons (Fsp3) is 0.611. The Morgan fingerprint density at radius 3 is 3.08 bits per heavy atom. The van der Waals surface area contributed by atoms with Gasteiger partial charge in [-0.2, -0.15) is 0 Å². The largest absolute Gasteiger partial charge is 0.413 e. The molecule has 1 aliphatic rings. The average molecular weight is 379 g/mol. The van der Waals surface area contributed by atoms with Crippen molar-refractivity contribution in [3.05, 3.63) is 28.2 Å². The molecule has 2 aromatic rings. The van der Waals surface area contributed by atoms with E-state index >= 15 is 0 Å². The Labute approximate surface area is 157 Å². The van der Waals surface area contributed by atoms with E-state index in [1.165, 1.54) is 16.9 Å². The molecule has 0 saturated carbocycles. The summed E-state index contributed by atoms with van der Waals surface area (Å²) in [6, 6.07) is 0.0352. The van der Waals surface area contributed by atoms with E-state index in [-0.39, 0.29) is 6.04 Å². The molecule has 3 rings (SSSR count). The Morgan fingerprint density at radius 2 is 2.31 bits per heavy atom. The Bertz CT molecular complexity index is 722. The molecule has 1 saturated heterocycles. The van der Waals surface area contributed by atoms with Crippen LogP contribution in [0.4, 0.5) is 4.79 Å². The van der Waals surface area contributed by atoms with Gasteiger partial charge in [-0.15, -0.1) is 0 Å². The van der Waals surface area contributed by atoms with Crippen LogP contribution >= 0.6 is 11.3 Å². The van der Waals surface area contributed by atoms with Gasteiger partial charge in [0.25, 0.3) is 0 Å². The lowest BCUT2D eigenvalue weighted by Crippen LogP contribution is -2.36. The molecule has 3 heterocycles. The lowest BCUT2D eigenvalue weighted by atomic mass is 10.0. The van der Waals surface area contributed by atoms with Gasteiger partial charge in [-0.1, -0.05) is 29.8 Å². The van der Waals surface area contributed by atoms with E-state index in [9.17, 15) is 4.79 Å². The maximum atomic E-state index is 11.9. The fourth-order valence-corrected chi connectivity index (χ4v) is 3.69. The maximum absolute atomic E-state index is 11.9. The van der Waals surface area contributed by atoms with Crippen molar-refractivity contribution in [2.24, 2.45) is 0 Å². The number of rotatable bonds is 8. The van der Waals surface area contributed by atoms with E-state index in [0.29, 0.717) is 18.3 Å². The van der Waals surface area contributed by atoms with Gasteiger partial charge in [0.1, 0.15) is 5.76 Å². The van der Waals surface area contributed by atoms with Crippen molar-refractivity contribution in [3.63, 3.8) is 0 Å². The second kappa shape index (κ2) is 9.14. The van der Waals surface area contributed by atoms with Crippen LogP contribution in [0.25, 0.3) is 0 Å². The van der Waals surface area contributed by atoms with Crippen LogP contribution < -0.4 is 10.1 Å². The maximum Gasteiger partial charge on any atom is 0.413 e. The lowest BCUT2D eigenvalue weighted by molar-refractivity contribution is 0.179. The van der Waals surface area contributed by atoms with Crippen molar-refractivity contribution >= 4 is 17.4 Å². The third-order valence-corrected chi connectivity index (χ3v) is 5.33. The summed E-state index contributed by atoms with van der Waals surface area (Å²) in [5.74, 6) is 0.877. The van der Waals surface area contributed by atoms with E-state index in [1.54, 1.807) is 6.20 Å². The second-order valence-electron chi connectivity index (χ2n) is 6.43. The number of hydrogen-bond donors (Lipinski definition) is 1. The second-order valence-corrected chi connectivity index (χ2v) is 7.51. The standard InChI is InChI=1S/C18H25N3O4S/c1-3-4-5-15-14(12(2)25-21-15)6-7-16-19-10-17(26-16)24-18(22)20-13-8-9-23-11-13/h10,13H,3-9,11H2,1-2H3,(H,20,22). The fourth-order valence-electron chi connectivity index (χ4n) is 2.92. The lowest BCUT2D eigenvalue weighted by Gasteiger charge is -2.09. The van der Waals surface area contributed by atoms with Crippen molar-refractivity contribution in [1.82, 2.24) is 15.5 Å². The summed E-state index contributed by atoms with van der Waals surface area (Å²) in [6.07, 6.45) is 6.75. The topological polar surface area (TPSA) is 86.5 Å². The number of nitrogens with one attached hydrogen (secondary N) is 1. The van der Waals surface area contributed by atoms with E-state index < -0.39 is 6.09 Å². The van der Waals surface area contributed by atoms with E-state index in [4.69, 9.17) is 14.0 Å². The van der Waals surface area contributed by atoms with Crippen LogP contribution in [0.5, 0.6) is 5.06 Å². The SMILES string of the molecule is CCCCc1noc(C)c1CCc1ncc(OC(=O)NC2CCOC2)s1. The van der Waals surface area contributed by atoms with Gasteiger partial charge in [0.2, 0.25) is 5.06 Å². The summed E-state index contributed by atoms with van der Waals surface area (Å²) in [7, 11) is 0. The number of hydrogen-bond acceptors (Lipinski definition) is 7. The molecule has 8 heteroatoms. The molecule has 0 aliphatic carbocycles. The number of nitrogens with zero attached hydrogens (tertiary/aromatic N) is 2. The number of unbranched alkanes of at least 4 members (excludes halogenated alkanes) is 1. The van der Waals surface area contributed by atoms with Gasteiger partial charge >= 0.3 is 6.09 Å². The smallest absolute Gasteiger partial charge is 0.397 e. The first-order valence-electron chi connectivity index (χ1n) is 9.10. The molecule has 142 valence electrons. The van der Waals surface area contributed by atoms with Gasteiger partial charge in [-0.05, 0) is 32.6 Å². The highest BCUT2D eigenvalue weighted by atomic mass is 32.1. The monoisotopic (exact) mass is 379 g/mol. The molecule has 0 bridgehead atoms. The molecule has 1 N–H and O–H groups in total. The molecular weight excluding hydrogens is 354 g/mol. The van der Waals surface area contributed by atoms with Crippen LogP contribution in [0, 0.1) is 6.92 Å². The van der Waals surface area contributed by atoms with Crippen LogP contribution in [-0.2, 0) is 24.0 Å². The number of amides is 1. The number of aromatic nitrogens is 2. The molecule has 1 unspecified atom stereocenters. The summed E-state index contributed by atoms with van der Waals surface area (Å²) in [4.78, 5) is 16.2. The van der Waals surface area contributed by atoms with E-state index in [2.05, 4.69) is 22.4 Å². The quantitative estimate of drug-likeness (QED) is 0.756. The molecule has 7 nitrogen and oxygen atoms in total. The predicted molar refractivity (Wildman–Crippen MR) is 97.8 cm³/mol. The summed E-state index contributed by atoms with van der Waals surface area (Å²) in [5.41, 5.74) is 2.23. The first kappa shape index (κ1) is 18.8. The van der Waals surface area contributed by atoms with Gasteiger partial charge in [-0.3, -0.25) is 0 Å². The summed E-state index contributed by atoms with van der Waals surface area (Å²) >= 11 is 1.39. The van der Waals surface area contributed by atoms with Gasteiger partial charge in [0.05, 0.1) is 29.5 Å². The number of carbonyl (C=O) groups excluding carboxylic acids is 1. The zero-order valence-electron chi connectivity index (χ0n) is 15.2. The molecular formula is C18H25N3O4S. The molecule has 1 fully saturated rings. The molecule has 0 radical (unpaired) electrons. The highest BCUT2D eigenvalue weighted by Crippen LogP contribution is 2.24. The van der Waals surface area contributed by atoms with Crippen molar-refractivity contribution in [1.29, 1.82) is 0 Å². The highest BCUT2D eigenvalue weighted by molar-refractivity contribution is 7.13. The van der Waals surface area contributed by atoms with Crippen molar-refractivity contribution in [3.8, 4) is 5.06 Å². The van der Waals surface area contributed by atoms with Gasteiger partial charge < -0.3 is 19.3 Å². The number of carbonyl (C=O) groups is 1.